The summed E-state index contributed by atoms with van der Waals surface area (Å²) in [6.45, 7) is 1.86. The molecule has 1 saturated heterocycles. The van der Waals surface area contributed by atoms with E-state index < -0.39 is 5.91 Å². The fourth-order valence-corrected chi connectivity index (χ4v) is 4.63. The summed E-state index contributed by atoms with van der Waals surface area (Å²) in [5, 5.41) is 17.2. The molecule has 10 nitrogen and oxygen atoms in total. The zero-order valence-corrected chi connectivity index (χ0v) is 21.8. The number of anilines is 1. The Morgan fingerprint density at radius 1 is 1.21 bits per heavy atom. The van der Waals surface area contributed by atoms with Crippen LogP contribution in [-0.4, -0.2) is 51.1 Å². The summed E-state index contributed by atoms with van der Waals surface area (Å²) in [6.07, 6.45) is 14.2. The monoisotopic (exact) mass is 553 g/mol. The number of carbonyl (C=O) groups is 1. The molecule has 1 aromatic carbocycles. The number of benzene rings is 1. The number of hydrogen-bond acceptors (Lipinski definition) is 8. The Kier molecular flexibility index (Phi) is 14.2. The quantitative estimate of drug-likeness (QED) is 0.123. The lowest BCUT2D eigenvalue weighted by atomic mass is 9.91. The molecule has 4 rings (SSSR count). The number of piperidine rings is 1. The predicted octanol–water partition coefficient (Wildman–Crippen LogP) is 4.39. The average Bonchev–Trinajstić information content (AvgIpc) is 3.26. The summed E-state index contributed by atoms with van der Waals surface area (Å²) in [5.74, 6) is 1.68. The number of aryl methyl sites for hydroxylation is 2. The van der Waals surface area contributed by atoms with Crippen LogP contribution in [0.15, 0.2) is 36.8 Å². The Bertz CT molecular complexity index is 1220. The third-order valence-electron chi connectivity index (χ3n) is 6.57. The molecule has 3 heterocycles. The van der Waals surface area contributed by atoms with Gasteiger partial charge in [-0.25, -0.2) is 15.4 Å². The van der Waals surface area contributed by atoms with Crippen molar-refractivity contribution in [1.29, 1.82) is 0 Å². The molecule has 39 heavy (non-hydrogen) atoms. The van der Waals surface area contributed by atoms with E-state index in [1.165, 1.54) is 54.2 Å². The van der Waals surface area contributed by atoms with Crippen LogP contribution >= 0.6 is 0 Å². The number of amides is 1. The van der Waals surface area contributed by atoms with E-state index in [4.69, 9.17) is 15.2 Å². The van der Waals surface area contributed by atoms with Gasteiger partial charge in [0.05, 0.1) is 18.2 Å². The van der Waals surface area contributed by atoms with Crippen molar-refractivity contribution in [3.05, 3.63) is 47.9 Å². The van der Waals surface area contributed by atoms with Crippen molar-refractivity contribution < 1.29 is 38.7 Å². The fraction of sp³-hybridized carbons (Fsp3) is 0.423. The van der Waals surface area contributed by atoms with Crippen molar-refractivity contribution in [2.75, 3.05) is 25.1 Å². The lowest BCUT2D eigenvalue weighted by Crippen LogP contribution is -2.35. The lowest BCUT2D eigenvalue weighted by Gasteiger charge is -2.32. The van der Waals surface area contributed by atoms with Gasteiger partial charge in [-0.15, -0.1) is 4.39 Å². The van der Waals surface area contributed by atoms with Crippen molar-refractivity contribution in [3.8, 4) is 18.0 Å². The summed E-state index contributed by atoms with van der Waals surface area (Å²) in [4.78, 5) is 25.1. The van der Waals surface area contributed by atoms with Gasteiger partial charge in [0.25, 0.3) is 5.91 Å². The third kappa shape index (κ3) is 9.05. The molecule has 0 aliphatic carbocycles. The Hall–Kier alpha value is -4.02. The SMILES string of the molecule is COc1ccc2c(CCCCC3CCN(c4ncc(C(=O)NO)cn4)CC3)cn(C)c2c1.F.F.OOC#CF. The molecule has 3 N–H and O–H groups in total. The molecule has 1 amide bonds. The zero-order chi connectivity index (χ0) is 26.6. The zero-order valence-electron chi connectivity index (χ0n) is 21.8. The average molecular weight is 554 g/mol. The molecule has 1 aliphatic heterocycles. The fourth-order valence-electron chi connectivity index (χ4n) is 4.63. The van der Waals surface area contributed by atoms with Gasteiger partial charge in [-0.05, 0) is 49.3 Å². The van der Waals surface area contributed by atoms with Crippen molar-refractivity contribution in [3.63, 3.8) is 0 Å². The summed E-state index contributed by atoms with van der Waals surface area (Å²) in [7, 11) is 3.80. The molecule has 2 aromatic heterocycles. The van der Waals surface area contributed by atoms with Gasteiger partial charge in [-0.3, -0.25) is 24.3 Å². The van der Waals surface area contributed by atoms with Gasteiger partial charge in [0.15, 0.2) is 12.3 Å². The highest BCUT2D eigenvalue weighted by molar-refractivity contribution is 5.92. The first-order valence-corrected chi connectivity index (χ1v) is 12.0. The second kappa shape index (κ2) is 16.7. The number of fused-ring (bicyclic) bond motifs is 1. The first kappa shape index (κ1) is 33.0. The topological polar surface area (TPSA) is 122 Å². The number of nitrogens with zero attached hydrogens (tertiary/aromatic N) is 4. The number of aromatic nitrogens is 3. The molecule has 1 fully saturated rings. The van der Waals surface area contributed by atoms with Gasteiger partial charge >= 0.3 is 0 Å². The highest BCUT2D eigenvalue weighted by atomic mass is 19.1. The van der Waals surface area contributed by atoms with Gasteiger partial charge in [0.2, 0.25) is 5.95 Å². The number of carbonyl (C=O) groups excluding carboxylic acids is 1. The van der Waals surface area contributed by atoms with Gasteiger partial charge in [0, 0.05) is 50.2 Å². The molecule has 13 heteroatoms. The summed E-state index contributed by atoms with van der Waals surface area (Å²) in [5.41, 5.74) is 4.48. The maximum absolute atomic E-state index is 11.4. The van der Waals surface area contributed by atoms with Crippen LogP contribution < -0.4 is 15.1 Å². The largest absolute Gasteiger partial charge is 0.497 e. The second-order valence-corrected chi connectivity index (χ2v) is 8.83. The predicted molar refractivity (Wildman–Crippen MR) is 141 cm³/mol. The summed E-state index contributed by atoms with van der Waals surface area (Å²) >= 11 is 0. The van der Waals surface area contributed by atoms with Gasteiger partial charge in [0.1, 0.15) is 5.75 Å². The van der Waals surface area contributed by atoms with Crippen LogP contribution in [0.5, 0.6) is 5.75 Å². The van der Waals surface area contributed by atoms with E-state index in [2.05, 4.69) is 49.7 Å². The molecule has 0 spiro atoms. The minimum atomic E-state index is -0.599. The van der Waals surface area contributed by atoms with Crippen LogP contribution in [0.1, 0.15) is 48.0 Å². The highest BCUT2D eigenvalue weighted by Crippen LogP contribution is 2.28. The van der Waals surface area contributed by atoms with Crippen LogP contribution in [0, 0.1) is 18.2 Å². The second-order valence-electron chi connectivity index (χ2n) is 8.83. The van der Waals surface area contributed by atoms with Crippen LogP contribution in [0.25, 0.3) is 10.9 Å². The highest BCUT2D eigenvalue weighted by Gasteiger charge is 2.21. The van der Waals surface area contributed by atoms with E-state index in [-0.39, 0.29) is 15.0 Å². The normalized spacial score (nSPS) is 12.6. The molecular formula is C26H34F3N5O5. The summed E-state index contributed by atoms with van der Waals surface area (Å²) in [6, 6.07) is 6.31. The number of rotatable bonds is 8. The molecule has 0 bridgehead atoms. The first-order chi connectivity index (χ1) is 18.0. The Balaban J connectivity index is 0.000000998. The van der Waals surface area contributed by atoms with Crippen LogP contribution in [0.4, 0.5) is 19.7 Å². The van der Waals surface area contributed by atoms with Crippen molar-refractivity contribution in [1.82, 2.24) is 20.0 Å². The molecule has 0 saturated carbocycles. The van der Waals surface area contributed by atoms with E-state index in [0.717, 1.165) is 50.2 Å². The number of hydrogen-bond donors (Lipinski definition) is 3. The van der Waals surface area contributed by atoms with Crippen molar-refractivity contribution in [2.45, 2.75) is 38.5 Å². The number of hydroxylamine groups is 1. The van der Waals surface area contributed by atoms with Gasteiger partial charge in [-0.1, -0.05) is 12.8 Å². The Morgan fingerprint density at radius 3 is 2.46 bits per heavy atom. The Morgan fingerprint density at radius 2 is 1.90 bits per heavy atom. The number of nitrogens with one attached hydrogen (secondary N) is 1. The van der Waals surface area contributed by atoms with E-state index in [1.807, 2.05) is 6.07 Å². The smallest absolute Gasteiger partial charge is 0.277 e. The first-order valence-electron chi connectivity index (χ1n) is 12.0. The number of ether oxygens (including phenoxy) is 1. The minimum absolute atomic E-state index is 0. The molecule has 0 radical (unpaired) electrons. The van der Waals surface area contributed by atoms with Crippen LogP contribution in [0.2, 0.25) is 0 Å². The standard InChI is InChI=1S/C24H31N5O3.C2HFO2.2FH/c1-28-16-18(21-8-7-20(32-2)13-22(21)28)6-4-3-5-17-9-11-29(12-10-17)24-25-14-19(15-26-24)23(30)27-31;3-1-2-5-4;;/h7-8,13-17,31H,3-6,9-12H2,1-2H3,(H,27,30);4H;2*1H. The van der Waals surface area contributed by atoms with Crippen LogP contribution in [0.3, 0.4) is 0 Å². The lowest BCUT2D eigenvalue weighted by molar-refractivity contribution is -0.172. The number of methoxy groups -OCH3 is 1. The van der Waals surface area contributed by atoms with Gasteiger partial charge in [-0.2, -0.15) is 5.26 Å². The third-order valence-corrected chi connectivity index (χ3v) is 6.57. The van der Waals surface area contributed by atoms with E-state index >= 15 is 0 Å². The van der Waals surface area contributed by atoms with Gasteiger partial charge < -0.3 is 14.2 Å². The van der Waals surface area contributed by atoms with E-state index in [0.29, 0.717) is 5.95 Å². The minimum Gasteiger partial charge on any atom is -0.497 e. The molecule has 0 unspecified atom stereocenters. The summed E-state index contributed by atoms with van der Waals surface area (Å²) < 4.78 is 17.9. The molecule has 214 valence electrons. The Labute approximate surface area is 224 Å². The maximum Gasteiger partial charge on any atom is 0.277 e. The maximum atomic E-state index is 11.4. The molecule has 1 aliphatic rings. The molecular weight excluding hydrogens is 519 g/mol. The van der Waals surface area contributed by atoms with Crippen molar-refractivity contribution >= 4 is 22.8 Å². The molecule has 0 atom stereocenters. The van der Waals surface area contributed by atoms with E-state index in [9.17, 15) is 9.18 Å². The van der Waals surface area contributed by atoms with E-state index in [1.54, 1.807) is 12.6 Å². The van der Waals surface area contributed by atoms with Crippen LogP contribution in [-0.2, 0) is 18.4 Å². The number of unbranched alkanes of at least 4 members (excludes halogenated alkanes) is 1. The van der Waals surface area contributed by atoms with Crippen molar-refractivity contribution in [2.24, 2.45) is 13.0 Å². The number of halogens is 3. The molecule has 3 aromatic rings.